The lowest BCUT2D eigenvalue weighted by Gasteiger charge is -2.27. The molecule has 0 aliphatic carbocycles. The van der Waals surface area contributed by atoms with Gasteiger partial charge in [0.15, 0.2) is 5.11 Å². The highest BCUT2D eigenvalue weighted by atomic mass is 32.1. The summed E-state index contributed by atoms with van der Waals surface area (Å²) in [6, 6.07) is 10.6. The molecule has 1 aromatic carbocycles. The third-order valence-corrected chi connectivity index (χ3v) is 3.64. The molecular weight excluding hydrogens is 278 g/mol. The third kappa shape index (κ3) is 7.83. The predicted octanol–water partition coefficient (Wildman–Crippen LogP) is 2.54. The number of nitrogens with one attached hydrogen (secondary N) is 1. The average molecular weight is 305 g/mol. The van der Waals surface area contributed by atoms with Gasteiger partial charge in [0, 0.05) is 26.2 Å². The fourth-order valence-corrected chi connectivity index (χ4v) is 2.29. The van der Waals surface area contributed by atoms with E-state index in [9.17, 15) is 0 Å². The first-order valence-corrected chi connectivity index (χ1v) is 7.86. The molecule has 0 aliphatic rings. The molecule has 0 spiro atoms. The van der Waals surface area contributed by atoms with Crippen molar-refractivity contribution in [2.75, 3.05) is 40.3 Å². The first kappa shape index (κ1) is 17.7. The quantitative estimate of drug-likeness (QED) is 0.558. The molecule has 0 fully saturated rings. The lowest BCUT2D eigenvalue weighted by Crippen LogP contribution is -2.43. The molecule has 116 valence electrons. The normalized spacial score (nSPS) is 10.4. The molecule has 0 atom stereocenters. The van der Waals surface area contributed by atoms with E-state index < -0.39 is 0 Å². The van der Waals surface area contributed by atoms with Crippen molar-refractivity contribution in [1.82, 2.24) is 15.1 Å². The van der Waals surface area contributed by atoms with E-state index in [4.69, 9.17) is 12.2 Å². The predicted molar refractivity (Wildman–Crippen MR) is 95.7 cm³/mol. The molecular formula is C17H27N3S. The van der Waals surface area contributed by atoms with Gasteiger partial charge in [-0.15, -0.1) is 6.58 Å². The van der Waals surface area contributed by atoms with Crippen LogP contribution in [0.3, 0.4) is 0 Å². The Balaban J connectivity index is 2.43. The highest BCUT2D eigenvalue weighted by Gasteiger charge is 2.09. The number of aryl methyl sites for hydroxylation is 1. The van der Waals surface area contributed by atoms with E-state index in [1.807, 2.05) is 6.08 Å². The van der Waals surface area contributed by atoms with Crippen molar-refractivity contribution < 1.29 is 0 Å². The van der Waals surface area contributed by atoms with Crippen molar-refractivity contribution in [3.05, 3.63) is 48.6 Å². The van der Waals surface area contributed by atoms with Crippen LogP contribution in [0.1, 0.15) is 12.0 Å². The van der Waals surface area contributed by atoms with Crippen LogP contribution in [0.4, 0.5) is 0 Å². The van der Waals surface area contributed by atoms with Crippen LogP contribution in [0.5, 0.6) is 0 Å². The first-order valence-electron chi connectivity index (χ1n) is 7.46. The van der Waals surface area contributed by atoms with Crippen molar-refractivity contribution in [3.8, 4) is 0 Å². The van der Waals surface area contributed by atoms with Crippen LogP contribution in [0.2, 0.25) is 0 Å². The van der Waals surface area contributed by atoms with Crippen LogP contribution in [0, 0.1) is 0 Å². The van der Waals surface area contributed by atoms with Crippen molar-refractivity contribution in [2.24, 2.45) is 0 Å². The molecule has 1 aromatic rings. The third-order valence-electron chi connectivity index (χ3n) is 3.24. The Labute approximate surface area is 134 Å². The van der Waals surface area contributed by atoms with Gasteiger partial charge in [-0.2, -0.15) is 0 Å². The minimum atomic E-state index is 0.718. The van der Waals surface area contributed by atoms with Gasteiger partial charge in [-0.3, -0.25) is 0 Å². The molecule has 0 saturated carbocycles. The largest absolute Gasteiger partial charge is 0.359 e. The van der Waals surface area contributed by atoms with Crippen LogP contribution in [0.15, 0.2) is 43.0 Å². The Hall–Kier alpha value is -1.39. The van der Waals surface area contributed by atoms with E-state index in [0.29, 0.717) is 0 Å². The zero-order valence-electron chi connectivity index (χ0n) is 13.2. The monoisotopic (exact) mass is 305 g/mol. The molecule has 4 heteroatoms. The van der Waals surface area contributed by atoms with Gasteiger partial charge in [0.1, 0.15) is 0 Å². The Morgan fingerprint density at radius 2 is 1.90 bits per heavy atom. The standard InChI is InChI=1S/C17H27N3S/c1-4-12-18-17(21)20(15-14-19(2)3)13-8-11-16-9-6-5-7-10-16/h4-7,9-10H,1,8,11-15H2,2-3H3,(H,18,21). The van der Waals surface area contributed by atoms with Crippen molar-refractivity contribution in [2.45, 2.75) is 12.8 Å². The maximum Gasteiger partial charge on any atom is 0.169 e. The highest BCUT2D eigenvalue weighted by Crippen LogP contribution is 2.04. The minimum absolute atomic E-state index is 0.718. The number of hydrogen-bond donors (Lipinski definition) is 1. The van der Waals surface area contributed by atoms with Crippen LogP contribution in [-0.4, -0.2) is 55.2 Å². The lowest BCUT2D eigenvalue weighted by molar-refractivity contribution is 0.324. The Bertz CT molecular complexity index is 417. The maximum atomic E-state index is 5.47. The summed E-state index contributed by atoms with van der Waals surface area (Å²) in [7, 11) is 4.17. The second-order valence-electron chi connectivity index (χ2n) is 5.35. The van der Waals surface area contributed by atoms with Gasteiger partial charge in [0.25, 0.3) is 0 Å². The first-order chi connectivity index (χ1) is 10.1. The zero-order chi connectivity index (χ0) is 15.5. The Morgan fingerprint density at radius 1 is 1.19 bits per heavy atom. The number of benzene rings is 1. The second kappa shape index (κ2) is 10.4. The Morgan fingerprint density at radius 3 is 2.52 bits per heavy atom. The molecule has 21 heavy (non-hydrogen) atoms. The molecule has 0 heterocycles. The molecule has 0 unspecified atom stereocenters. The number of hydrogen-bond acceptors (Lipinski definition) is 2. The summed E-state index contributed by atoms with van der Waals surface area (Å²) in [5, 5.41) is 4.05. The summed E-state index contributed by atoms with van der Waals surface area (Å²) in [6.45, 7) is 7.37. The highest BCUT2D eigenvalue weighted by molar-refractivity contribution is 7.80. The molecule has 0 aliphatic heterocycles. The SMILES string of the molecule is C=CCNC(=S)N(CCCc1ccccc1)CCN(C)C. The van der Waals surface area contributed by atoms with E-state index in [1.165, 1.54) is 5.56 Å². The lowest BCUT2D eigenvalue weighted by atomic mass is 10.1. The van der Waals surface area contributed by atoms with Crippen LogP contribution in [0.25, 0.3) is 0 Å². The van der Waals surface area contributed by atoms with E-state index in [2.05, 4.69) is 66.1 Å². The number of nitrogens with zero attached hydrogens (tertiary/aromatic N) is 2. The fraction of sp³-hybridized carbons (Fsp3) is 0.471. The van der Waals surface area contributed by atoms with Gasteiger partial charge in [-0.1, -0.05) is 36.4 Å². The van der Waals surface area contributed by atoms with Crippen LogP contribution in [-0.2, 0) is 6.42 Å². The summed E-state index contributed by atoms with van der Waals surface area (Å²) < 4.78 is 0. The zero-order valence-corrected chi connectivity index (χ0v) is 14.0. The topological polar surface area (TPSA) is 18.5 Å². The van der Waals surface area contributed by atoms with Gasteiger partial charge in [-0.05, 0) is 44.7 Å². The summed E-state index contributed by atoms with van der Waals surface area (Å²) in [5.74, 6) is 0. The molecule has 0 amide bonds. The Kier molecular flexibility index (Phi) is 8.71. The van der Waals surface area contributed by atoms with Gasteiger partial charge in [0.05, 0.1) is 0 Å². The van der Waals surface area contributed by atoms with E-state index in [0.717, 1.165) is 44.1 Å². The number of thiocarbonyl (C=S) groups is 1. The van der Waals surface area contributed by atoms with Crippen LogP contribution < -0.4 is 5.32 Å². The number of rotatable bonds is 9. The summed E-state index contributed by atoms with van der Waals surface area (Å²) in [5.41, 5.74) is 1.38. The summed E-state index contributed by atoms with van der Waals surface area (Å²) in [4.78, 5) is 4.43. The minimum Gasteiger partial charge on any atom is -0.359 e. The molecule has 0 radical (unpaired) electrons. The molecule has 0 saturated heterocycles. The average Bonchev–Trinajstić information content (AvgIpc) is 2.49. The van der Waals surface area contributed by atoms with Gasteiger partial charge < -0.3 is 15.1 Å². The van der Waals surface area contributed by atoms with Gasteiger partial charge >= 0.3 is 0 Å². The second-order valence-corrected chi connectivity index (χ2v) is 5.74. The molecule has 3 nitrogen and oxygen atoms in total. The van der Waals surface area contributed by atoms with E-state index >= 15 is 0 Å². The van der Waals surface area contributed by atoms with Crippen molar-refractivity contribution in [3.63, 3.8) is 0 Å². The maximum absolute atomic E-state index is 5.47. The number of likely N-dealkylation sites (N-methyl/N-ethyl adjacent to an activating group) is 1. The van der Waals surface area contributed by atoms with Gasteiger partial charge in [0.2, 0.25) is 0 Å². The molecule has 1 N–H and O–H groups in total. The molecule has 0 bridgehead atoms. The van der Waals surface area contributed by atoms with E-state index in [1.54, 1.807) is 0 Å². The molecule has 0 aromatic heterocycles. The summed E-state index contributed by atoms with van der Waals surface area (Å²) in [6.07, 6.45) is 4.02. The smallest absolute Gasteiger partial charge is 0.169 e. The fourth-order valence-electron chi connectivity index (χ4n) is 2.03. The van der Waals surface area contributed by atoms with Crippen LogP contribution >= 0.6 is 12.2 Å². The summed E-state index contributed by atoms with van der Waals surface area (Å²) >= 11 is 5.47. The molecule has 1 rings (SSSR count). The van der Waals surface area contributed by atoms with Gasteiger partial charge in [-0.25, -0.2) is 0 Å². The van der Waals surface area contributed by atoms with Crippen molar-refractivity contribution in [1.29, 1.82) is 0 Å². The van der Waals surface area contributed by atoms with Crippen molar-refractivity contribution >= 4 is 17.3 Å². The van der Waals surface area contributed by atoms with E-state index in [-0.39, 0.29) is 0 Å².